The second-order valence-corrected chi connectivity index (χ2v) is 7.06. The van der Waals surface area contributed by atoms with Gasteiger partial charge < -0.3 is 10.2 Å². The summed E-state index contributed by atoms with van der Waals surface area (Å²) in [6.07, 6.45) is 5.28. The van der Waals surface area contributed by atoms with Crippen LogP contribution in [0.4, 0.5) is 0 Å². The molecule has 1 aromatic heterocycles. The Balaban J connectivity index is 1.46. The van der Waals surface area contributed by atoms with E-state index in [9.17, 15) is 4.79 Å². The van der Waals surface area contributed by atoms with Crippen LogP contribution < -0.4 is 5.32 Å². The first-order valence-corrected chi connectivity index (χ1v) is 9.09. The molecular formula is C18H23N3OS. The number of nitrogens with zero attached hydrogens (tertiary/aromatic N) is 2. The van der Waals surface area contributed by atoms with Gasteiger partial charge in [-0.25, -0.2) is 4.98 Å². The molecule has 2 heterocycles. The van der Waals surface area contributed by atoms with Crippen molar-refractivity contribution >= 4 is 17.2 Å². The van der Waals surface area contributed by atoms with Crippen LogP contribution in [-0.4, -0.2) is 41.5 Å². The topological polar surface area (TPSA) is 45.2 Å². The Hall–Kier alpha value is -1.72. The van der Waals surface area contributed by atoms with Gasteiger partial charge in [0.1, 0.15) is 9.88 Å². The molecule has 1 amide bonds. The number of benzene rings is 1. The summed E-state index contributed by atoms with van der Waals surface area (Å²) in [5, 5.41) is 3.90. The molecule has 2 aromatic rings. The first kappa shape index (κ1) is 16.1. The molecule has 1 aromatic carbocycles. The standard InChI is InChI=1S/C18H23N3OS/c1-14-7-5-11-21(14)12-6-10-19-17(22)16-13-20-18(23-16)15-8-3-2-4-9-15/h2-4,8-9,13-14H,5-7,10-12H2,1H3,(H,19,22). The number of thiazole rings is 1. The van der Waals surface area contributed by atoms with Crippen LogP contribution in [0.15, 0.2) is 36.5 Å². The Kier molecular flexibility index (Phi) is 5.41. The maximum Gasteiger partial charge on any atom is 0.263 e. The van der Waals surface area contributed by atoms with Crippen molar-refractivity contribution in [2.75, 3.05) is 19.6 Å². The number of carbonyl (C=O) groups excluding carboxylic acids is 1. The van der Waals surface area contributed by atoms with Gasteiger partial charge in [-0.2, -0.15) is 0 Å². The molecule has 1 aliphatic rings. The fraction of sp³-hybridized carbons (Fsp3) is 0.444. The molecule has 0 radical (unpaired) electrons. The van der Waals surface area contributed by atoms with Crippen molar-refractivity contribution in [3.63, 3.8) is 0 Å². The number of amides is 1. The maximum absolute atomic E-state index is 12.2. The lowest BCUT2D eigenvalue weighted by molar-refractivity contribution is 0.0955. The van der Waals surface area contributed by atoms with Gasteiger partial charge in [-0.05, 0) is 32.7 Å². The molecule has 122 valence electrons. The predicted octanol–water partition coefficient (Wildman–Crippen LogP) is 3.41. The average Bonchev–Trinajstić information content (AvgIpc) is 3.22. The highest BCUT2D eigenvalue weighted by molar-refractivity contribution is 7.16. The third-order valence-electron chi connectivity index (χ3n) is 4.35. The zero-order valence-electron chi connectivity index (χ0n) is 13.5. The Morgan fingerprint density at radius 3 is 2.96 bits per heavy atom. The van der Waals surface area contributed by atoms with E-state index in [0.29, 0.717) is 10.9 Å². The fourth-order valence-corrected chi connectivity index (χ4v) is 3.83. The molecular weight excluding hydrogens is 306 g/mol. The van der Waals surface area contributed by atoms with E-state index in [2.05, 4.69) is 22.1 Å². The van der Waals surface area contributed by atoms with E-state index in [1.54, 1.807) is 6.20 Å². The van der Waals surface area contributed by atoms with Crippen molar-refractivity contribution in [1.82, 2.24) is 15.2 Å². The molecule has 1 unspecified atom stereocenters. The Morgan fingerprint density at radius 1 is 1.39 bits per heavy atom. The van der Waals surface area contributed by atoms with Gasteiger partial charge in [0.2, 0.25) is 0 Å². The van der Waals surface area contributed by atoms with Crippen LogP contribution in [-0.2, 0) is 0 Å². The number of aromatic nitrogens is 1. The van der Waals surface area contributed by atoms with E-state index in [1.807, 2.05) is 30.3 Å². The highest BCUT2D eigenvalue weighted by Crippen LogP contribution is 2.24. The number of likely N-dealkylation sites (tertiary alicyclic amines) is 1. The normalized spacial score (nSPS) is 18.2. The van der Waals surface area contributed by atoms with Crippen molar-refractivity contribution in [3.8, 4) is 10.6 Å². The minimum Gasteiger partial charge on any atom is -0.351 e. The van der Waals surface area contributed by atoms with Gasteiger partial charge in [0.15, 0.2) is 0 Å². The third-order valence-corrected chi connectivity index (χ3v) is 5.39. The van der Waals surface area contributed by atoms with Gasteiger partial charge in [-0.3, -0.25) is 4.79 Å². The monoisotopic (exact) mass is 329 g/mol. The maximum atomic E-state index is 12.2. The summed E-state index contributed by atoms with van der Waals surface area (Å²) < 4.78 is 0. The fourth-order valence-electron chi connectivity index (χ4n) is 2.99. The van der Waals surface area contributed by atoms with Crippen LogP contribution in [0, 0.1) is 0 Å². The van der Waals surface area contributed by atoms with Gasteiger partial charge in [0.05, 0.1) is 6.20 Å². The van der Waals surface area contributed by atoms with E-state index in [0.717, 1.165) is 30.1 Å². The van der Waals surface area contributed by atoms with E-state index in [-0.39, 0.29) is 5.91 Å². The number of carbonyl (C=O) groups is 1. The smallest absolute Gasteiger partial charge is 0.263 e. The van der Waals surface area contributed by atoms with Crippen LogP contribution in [0.5, 0.6) is 0 Å². The second-order valence-electron chi connectivity index (χ2n) is 6.03. The highest BCUT2D eigenvalue weighted by atomic mass is 32.1. The first-order valence-electron chi connectivity index (χ1n) is 8.27. The third kappa shape index (κ3) is 4.18. The van der Waals surface area contributed by atoms with Crippen molar-refractivity contribution in [3.05, 3.63) is 41.4 Å². The number of hydrogen-bond acceptors (Lipinski definition) is 4. The van der Waals surface area contributed by atoms with Crippen LogP contribution in [0.25, 0.3) is 10.6 Å². The number of rotatable bonds is 6. The summed E-state index contributed by atoms with van der Waals surface area (Å²) in [5.74, 6) is -0.0147. The molecule has 1 atom stereocenters. The molecule has 4 nitrogen and oxygen atoms in total. The zero-order chi connectivity index (χ0) is 16.1. The summed E-state index contributed by atoms with van der Waals surface area (Å²) >= 11 is 1.44. The molecule has 1 fully saturated rings. The zero-order valence-corrected chi connectivity index (χ0v) is 14.3. The van der Waals surface area contributed by atoms with E-state index < -0.39 is 0 Å². The number of hydrogen-bond donors (Lipinski definition) is 1. The SMILES string of the molecule is CC1CCCN1CCCNC(=O)c1cnc(-c2ccccc2)s1. The second kappa shape index (κ2) is 7.70. The largest absolute Gasteiger partial charge is 0.351 e. The Labute approximate surface area is 141 Å². The van der Waals surface area contributed by atoms with Crippen LogP contribution in [0.1, 0.15) is 35.9 Å². The lowest BCUT2D eigenvalue weighted by Crippen LogP contribution is -2.31. The quantitative estimate of drug-likeness (QED) is 0.826. The Morgan fingerprint density at radius 2 is 2.22 bits per heavy atom. The summed E-state index contributed by atoms with van der Waals surface area (Å²) in [6, 6.07) is 10.7. The van der Waals surface area contributed by atoms with Gasteiger partial charge in [-0.1, -0.05) is 30.3 Å². The van der Waals surface area contributed by atoms with Gasteiger partial charge in [0, 0.05) is 24.7 Å². The summed E-state index contributed by atoms with van der Waals surface area (Å²) in [6.45, 7) is 5.28. The minimum absolute atomic E-state index is 0.0147. The van der Waals surface area contributed by atoms with E-state index in [1.165, 1.54) is 30.7 Å². The summed E-state index contributed by atoms with van der Waals surface area (Å²) in [4.78, 5) is 19.7. The van der Waals surface area contributed by atoms with Crippen LogP contribution in [0.3, 0.4) is 0 Å². The molecule has 1 aliphatic heterocycles. The minimum atomic E-state index is -0.0147. The molecule has 23 heavy (non-hydrogen) atoms. The molecule has 3 rings (SSSR count). The lowest BCUT2D eigenvalue weighted by atomic mass is 10.2. The molecule has 0 spiro atoms. The first-order chi connectivity index (χ1) is 11.2. The lowest BCUT2D eigenvalue weighted by Gasteiger charge is -2.20. The van der Waals surface area contributed by atoms with Gasteiger partial charge >= 0.3 is 0 Å². The van der Waals surface area contributed by atoms with Crippen molar-refractivity contribution in [2.24, 2.45) is 0 Å². The highest BCUT2D eigenvalue weighted by Gasteiger charge is 2.19. The van der Waals surface area contributed by atoms with Crippen molar-refractivity contribution < 1.29 is 4.79 Å². The molecule has 0 saturated carbocycles. The van der Waals surface area contributed by atoms with E-state index >= 15 is 0 Å². The summed E-state index contributed by atoms with van der Waals surface area (Å²) in [5.41, 5.74) is 1.06. The Bertz CT molecular complexity index is 641. The average molecular weight is 329 g/mol. The van der Waals surface area contributed by atoms with E-state index in [4.69, 9.17) is 0 Å². The van der Waals surface area contributed by atoms with Gasteiger partial charge in [-0.15, -0.1) is 11.3 Å². The van der Waals surface area contributed by atoms with Crippen LogP contribution >= 0.6 is 11.3 Å². The van der Waals surface area contributed by atoms with Crippen molar-refractivity contribution in [2.45, 2.75) is 32.2 Å². The van der Waals surface area contributed by atoms with Gasteiger partial charge in [0.25, 0.3) is 5.91 Å². The molecule has 0 bridgehead atoms. The predicted molar refractivity (Wildman–Crippen MR) is 94.8 cm³/mol. The molecule has 1 saturated heterocycles. The molecule has 0 aliphatic carbocycles. The molecule has 1 N–H and O–H groups in total. The van der Waals surface area contributed by atoms with Crippen molar-refractivity contribution in [1.29, 1.82) is 0 Å². The number of nitrogens with one attached hydrogen (secondary N) is 1. The summed E-state index contributed by atoms with van der Waals surface area (Å²) in [7, 11) is 0. The molecule has 5 heteroatoms. The van der Waals surface area contributed by atoms with Crippen LogP contribution in [0.2, 0.25) is 0 Å².